The second-order valence-electron chi connectivity index (χ2n) is 4.75. The first-order chi connectivity index (χ1) is 9.70. The summed E-state index contributed by atoms with van der Waals surface area (Å²) in [6, 6.07) is 7.77. The summed E-state index contributed by atoms with van der Waals surface area (Å²) in [5.41, 5.74) is 7.59. The first-order valence-corrected chi connectivity index (χ1v) is 6.41. The van der Waals surface area contributed by atoms with Crippen LogP contribution in [0.3, 0.4) is 0 Å². The molecule has 0 bridgehead atoms. The molecule has 0 radical (unpaired) electrons. The molecule has 0 aliphatic carbocycles. The zero-order valence-corrected chi connectivity index (χ0v) is 11.2. The van der Waals surface area contributed by atoms with Gasteiger partial charge in [0.15, 0.2) is 5.82 Å². The van der Waals surface area contributed by atoms with Gasteiger partial charge < -0.3 is 10.3 Å². The van der Waals surface area contributed by atoms with Gasteiger partial charge >= 0.3 is 0 Å². The number of nitrogen functional groups attached to an aromatic ring is 1. The number of nitrogens with zero attached hydrogens (tertiary/aromatic N) is 4. The SMILES string of the molecule is Cn1ccnc1Cc1n[nH]c(Cc2ccc(N)cc2)n1. The van der Waals surface area contributed by atoms with E-state index in [1.807, 2.05) is 42.1 Å². The van der Waals surface area contributed by atoms with E-state index in [1.54, 1.807) is 6.20 Å². The highest BCUT2D eigenvalue weighted by molar-refractivity contribution is 5.39. The maximum Gasteiger partial charge on any atom is 0.158 e. The van der Waals surface area contributed by atoms with Crippen LogP contribution in [0, 0.1) is 0 Å². The number of aromatic amines is 1. The quantitative estimate of drug-likeness (QED) is 0.698. The summed E-state index contributed by atoms with van der Waals surface area (Å²) in [5, 5.41) is 7.20. The predicted octanol–water partition coefficient (Wildman–Crippen LogP) is 1.30. The Kier molecular flexibility index (Phi) is 3.20. The number of rotatable bonds is 4. The van der Waals surface area contributed by atoms with Crippen LogP contribution in [0.4, 0.5) is 5.69 Å². The molecule has 2 aromatic heterocycles. The fourth-order valence-electron chi connectivity index (χ4n) is 2.03. The minimum atomic E-state index is 0.627. The van der Waals surface area contributed by atoms with Gasteiger partial charge in [-0.25, -0.2) is 9.97 Å². The standard InChI is InChI=1S/C14H16N6/c1-20-7-6-16-14(20)9-13-17-12(18-19-13)8-10-2-4-11(15)5-3-10/h2-7H,8-9,15H2,1H3,(H,17,18,19). The summed E-state index contributed by atoms with van der Waals surface area (Å²) >= 11 is 0. The second-order valence-corrected chi connectivity index (χ2v) is 4.75. The zero-order chi connectivity index (χ0) is 13.9. The van der Waals surface area contributed by atoms with Crippen molar-refractivity contribution in [2.75, 3.05) is 5.73 Å². The number of aromatic nitrogens is 5. The average Bonchev–Trinajstić information content (AvgIpc) is 3.03. The minimum absolute atomic E-state index is 0.627. The van der Waals surface area contributed by atoms with Gasteiger partial charge in [0.25, 0.3) is 0 Å². The Morgan fingerprint density at radius 3 is 2.70 bits per heavy atom. The number of hydrogen-bond donors (Lipinski definition) is 2. The third-order valence-electron chi connectivity index (χ3n) is 3.17. The van der Waals surface area contributed by atoms with Crippen molar-refractivity contribution in [2.24, 2.45) is 7.05 Å². The van der Waals surface area contributed by atoms with Gasteiger partial charge in [0.05, 0.1) is 6.42 Å². The van der Waals surface area contributed by atoms with Crippen LogP contribution in [-0.4, -0.2) is 24.7 Å². The summed E-state index contributed by atoms with van der Waals surface area (Å²) in [6.45, 7) is 0. The van der Waals surface area contributed by atoms with Crippen LogP contribution >= 0.6 is 0 Å². The van der Waals surface area contributed by atoms with Crippen LogP contribution in [0.15, 0.2) is 36.7 Å². The lowest BCUT2D eigenvalue weighted by Crippen LogP contribution is -2.00. The predicted molar refractivity (Wildman–Crippen MR) is 76.1 cm³/mol. The molecular weight excluding hydrogens is 252 g/mol. The van der Waals surface area contributed by atoms with E-state index in [9.17, 15) is 0 Å². The third-order valence-corrected chi connectivity index (χ3v) is 3.17. The van der Waals surface area contributed by atoms with Gasteiger partial charge in [-0.3, -0.25) is 5.10 Å². The molecule has 0 unspecified atom stereocenters. The Balaban J connectivity index is 1.70. The zero-order valence-electron chi connectivity index (χ0n) is 11.2. The Morgan fingerprint density at radius 1 is 1.20 bits per heavy atom. The van der Waals surface area contributed by atoms with Crippen molar-refractivity contribution in [3.05, 3.63) is 59.7 Å². The molecule has 2 heterocycles. The van der Waals surface area contributed by atoms with Crippen molar-refractivity contribution in [3.63, 3.8) is 0 Å². The molecule has 3 rings (SSSR count). The van der Waals surface area contributed by atoms with E-state index < -0.39 is 0 Å². The molecule has 0 saturated carbocycles. The van der Waals surface area contributed by atoms with Crippen molar-refractivity contribution in [2.45, 2.75) is 12.8 Å². The van der Waals surface area contributed by atoms with Crippen LogP contribution in [-0.2, 0) is 19.9 Å². The highest BCUT2D eigenvalue weighted by Gasteiger charge is 2.08. The first-order valence-electron chi connectivity index (χ1n) is 6.41. The first kappa shape index (κ1) is 12.4. The van der Waals surface area contributed by atoms with Gasteiger partial charge in [-0.1, -0.05) is 12.1 Å². The number of hydrogen-bond acceptors (Lipinski definition) is 4. The lowest BCUT2D eigenvalue weighted by molar-refractivity contribution is 0.797. The topological polar surface area (TPSA) is 85.4 Å². The third kappa shape index (κ3) is 2.69. The van der Waals surface area contributed by atoms with Gasteiger partial charge in [0, 0.05) is 31.5 Å². The highest BCUT2D eigenvalue weighted by Crippen LogP contribution is 2.10. The van der Waals surface area contributed by atoms with Crippen LogP contribution < -0.4 is 5.73 Å². The summed E-state index contributed by atoms with van der Waals surface area (Å²) < 4.78 is 1.97. The molecule has 6 nitrogen and oxygen atoms in total. The summed E-state index contributed by atoms with van der Waals surface area (Å²) in [4.78, 5) is 8.76. The number of benzene rings is 1. The van der Waals surface area contributed by atoms with Gasteiger partial charge in [-0.15, -0.1) is 0 Å². The van der Waals surface area contributed by atoms with E-state index in [0.29, 0.717) is 12.8 Å². The van der Waals surface area contributed by atoms with Crippen molar-refractivity contribution in [3.8, 4) is 0 Å². The molecule has 1 aromatic carbocycles. The molecule has 102 valence electrons. The van der Waals surface area contributed by atoms with E-state index >= 15 is 0 Å². The number of nitrogens with one attached hydrogen (secondary N) is 1. The normalized spacial score (nSPS) is 10.8. The molecule has 0 spiro atoms. The Morgan fingerprint density at radius 2 is 2.00 bits per heavy atom. The van der Waals surface area contributed by atoms with Crippen molar-refractivity contribution in [1.29, 1.82) is 0 Å². The fourth-order valence-corrected chi connectivity index (χ4v) is 2.03. The fraction of sp³-hybridized carbons (Fsp3) is 0.214. The smallest absolute Gasteiger partial charge is 0.158 e. The molecule has 6 heteroatoms. The van der Waals surface area contributed by atoms with Gasteiger partial charge in [0.2, 0.25) is 0 Å². The molecule has 0 aliphatic rings. The molecule has 20 heavy (non-hydrogen) atoms. The van der Waals surface area contributed by atoms with Crippen LogP contribution in [0.5, 0.6) is 0 Å². The molecule has 0 fully saturated rings. The number of nitrogens with two attached hydrogens (primary N) is 1. The Hall–Kier alpha value is -2.63. The maximum atomic E-state index is 5.67. The molecule has 0 saturated heterocycles. The Bertz CT molecular complexity index is 695. The minimum Gasteiger partial charge on any atom is -0.399 e. The molecule has 0 amide bonds. The number of anilines is 1. The van der Waals surface area contributed by atoms with Crippen molar-refractivity contribution >= 4 is 5.69 Å². The molecule has 3 aromatic rings. The molecule has 3 N–H and O–H groups in total. The largest absolute Gasteiger partial charge is 0.399 e. The van der Waals surface area contributed by atoms with Crippen molar-refractivity contribution < 1.29 is 0 Å². The molecule has 0 aliphatic heterocycles. The van der Waals surface area contributed by atoms with E-state index in [2.05, 4.69) is 20.2 Å². The van der Waals surface area contributed by atoms with Crippen LogP contribution in [0.1, 0.15) is 23.0 Å². The highest BCUT2D eigenvalue weighted by atomic mass is 15.2. The van der Waals surface area contributed by atoms with E-state index in [4.69, 9.17) is 5.73 Å². The van der Waals surface area contributed by atoms with Gasteiger partial charge in [-0.05, 0) is 17.7 Å². The molecular formula is C14H16N6. The van der Waals surface area contributed by atoms with E-state index in [0.717, 1.165) is 28.7 Å². The summed E-state index contributed by atoms with van der Waals surface area (Å²) in [7, 11) is 1.96. The van der Waals surface area contributed by atoms with Gasteiger partial charge in [-0.2, -0.15) is 5.10 Å². The Labute approximate surface area is 116 Å². The summed E-state index contributed by atoms with van der Waals surface area (Å²) in [6.07, 6.45) is 5.03. The van der Waals surface area contributed by atoms with Crippen LogP contribution in [0.25, 0.3) is 0 Å². The maximum absolute atomic E-state index is 5.67. The van der Waals surface area contributed by atoms with E-state index in [-0.39, 0.29) is 0 Å². The second kappa shape index (κ2) is 5.16. The average molecular weight is 268 g/mol. The number of imidazole rings is 1. The number of aryl methyl sites for hydroxylation is 1. The lowest BCUT2D eigenvalue weighted by Gasteiger charge is -1.98. The van der Waals surface area contributed by atoms with Crippen LogP contribution in [0.2, 0.25) is 0 Å². The van der Waals surface area contributed by atoms with Crippen molar-refractivity contribution in [1.82, 2.24) is 24.7 Å². The monoisotopic (exact) mass is 268 g/mol. The van der Waals surface area contributed by atoms with E-state index in [1.165, 1.54) is 0 Å². The summed E-state index contributed by atoms with van der Waals surface area (Å²) in [5.74, 6) is 2.55. The lowest BCUT2D eigenvalue weighted by atomic mass is 10.1. The molecule has 0 atom stereocenters. The van der Waals surface area contributed by atoms with Gasteiger partial charge in [0.1, 0.15) is 11.6 Å². The number of H-pyrrole nitrogens is 1.